The van der Waals surface area contributed by atoms with Gasteiger partial charge in [0.2, 0.25) is 0 Å². The van der Waals surface area contributed by atoms with Crippen LogP contribution in [-0.4, -0.2) is 16.5 Å². The Balaban J connectivity index is 2.27. The summed E-state index contributed by atoms with van der Waals surface area (Å²) in [6, 6.07) is 7.24. The van der Waals surface area contributed by atoms with Gasteiger partial charge in [-0.3, -0.25) is 0 Å². The van der Waals surface area contributed by atoms with Crippen LogP contribution in [-0.2, 0) is 6.42 Å². The number of rotatable bonds is 5. The molecule has 0 bridgehead atoms. The van der Waals surface area contributed by atoms with E-state index >= 15 is 0 Å². The lowest BCUT2D eigenvalue weighted by molar-refractivity contribution is 0.939. The minimum absolute atomic E-state index is 0.508. The number of nitrogens with zero attached hydrogens (tertiary/aromatic N) is 2. The monoisotopic (exact) mass is 310 g/mol. The van der Waals surface area contributed by atoms with Crippen LogP contribution in [0.2, 0.25) is 10.0 Å². The van der Waals surface area contributed by atoms with Gasteiger partial charge in [-0.05, 0) is 25.1 Å². The van der Waals surface area contributed by atoms with Crippen molar-refractivity contribution in [2.24, 2.45) is 0 Å². The van der Waals surface area contributed by atoms with Gasteiger partial charge in [0, 0.05) is 24.7 Å². The highest BCUT2D eigenvalue weighted by Gasteiger charge is 2.05. The van der Waals surface area contributed by atoms with E-state index in [0.29, 0.717) is 10.0 Å². The molecule has 1 aromatic carbocycles. The first-order valence-electron chi connectivity index (χ1n) is 6.46. The first-order valence-corrected chi connectivity index (χ1v) is 7.22. The van der Waals surface area contributed by atoms with E-state index in [-0.39, 0.29) is 0 Å². The Bertz CT molecular complexity index is 602. The molecule has 4 nitrogen and oxygen atoms in total. The zero-order valence-electron chi connectivity index (χ0n) is 11.4. The minimum atomic E-state index is 0.508. The summed E-state index contributed by atoms with van der Waals surface area (Å²) in [5.74, 6) is 2.32. The highest BCUT2D eigenvalue weighted by atomic mass is 35.5. The highest BCUT2D eigenvalue weighted by Crippen LogP contribution is 2.27. The first kappa shape index (κ1) is 14.9. The van der Waals surface area contributed by atoms with Crippen LogP contribution >= 0.6 is 23.2 Å². The van der Waals surface area contributed by atoms with E-state index in [4.69, 9.17) is 23.2 Å². The molecule has 0 aliphatic heterocycles. The van der Waals surface area contributed by atoms with Crippen molar-refractivity contribution in [3.63, 3.8) is 0 Å². The van der Waals surface area contributed by atoms with Gasteiger partial charge in [0.1, 0.15) is 17.5 Å². The molecule has 2 aromatic rings. The van der Waals surface area contributed by atoms with Gasteiger partial charge in [-0.15, -0.1) is 0 Å². The van der Waals surface area contributed by atoms with Gasteiger partial charge >= 0.3 is 0 Å². The van der Waals surface area contributed by atoms with E-state index < -0.39 is 0 Å². The third-order valence-electron chi connectivity index (χ3n) is 2.64. The Kier molecular flexibility index (Phi) is 5.04. The maximum absolute atomic E-state index is 6.00. The lowest BCUT2D eigenvalue weighted by Crippen LogP contribution is -2.05. The molecule has 0 saturated carbocycles. The van der Waals surface area contributed by atoms with Crippen LogP contribution in [0.1, 0.15) is 19.7 Å². The maximum atomic E-state index is 6.00. The molecule has 0 radical (unpaired) electrons. The molecule has 0 aliphatic carbocycles. The summed E-state index contributed by atoms with van der Waals surface area (Å²) in [5.41, 5.74) is 0.836. The van der Waals surface area contributed by atoms with Crippen molar-refractivity contribution < 1.29 is 0 Å². The van der Waals surface area contributed by atoms with Crippen molar-refractivity contribution in [2.75, 3.05) is 17.2 Å². The van der Waals surface area contributed by atoms with Gasteiger partial charge in [0.15, 0.2) is 0 Å². The Hall–Kier alpha value is -1.52. The fourth-order valence-corrected chi connectivity index (χ4v) is 2.01. The summed E-state index contributed by atoms with van der Waals surface area (Å²) < 4.78 is 0. The smallest absolute Gasteiger partial charge is 0.136 e. The molecule has 2 N–H and O–H groups in total. The number of aryl methyl sites for hydroxylation is 1. The van der Waals surface area contributed by atoms with E-state index in [0.717, 1.165) is 36.1 Å². The molecule has 0 spiro atoms. The van der Waals surface area contributed by atoms with Crippen molar-refractivity contribution in [1.82, 2.24) is 9.97 Å². The molecule has 106 valence electrons. The average molecular weight is 311 g/mol. The number of halogens is 2. The number of hydrogen-bond donors (Lipinski definition) is 2. The quantitative estimate of drug-likeness (QED) is 0.852. The topological polar surface area (TPSA) is 49.8 Å². The van der Waals surface area contributed by atoms with Crippen molar-refractivity contribution in [1.29, 1.82) is 0 Å². The molecule has 1 aromatic heterocycles. The molecule has 0 fully saturated rings. The zero-order valence-corrected chi connectivity index (χ0v) is 12.9. The third kappa shape index (κ3) is 3.74. The van der Waals surface area contributed by atoms with E-state index in [9.17, 15) is 0 Å². The molecule has 0 saturated heterocycles. The lowest BCUT2D eigenvalue weighted by Gasteiger charge is -2.10. The third-order valence-corrected chi connectivity index (χ3v) is 3.38. The van der Waals surface area contributed by atoms with Crippen molar-refractivity contribution >= 4 is 40.5 Å². The molecule has 0 aliphatic rings. The minimum Gasteiger partial charge on any atom is -0.370 e. The van der Waals surface area contributed by atoms with Crippen molar-refractivity contribution in [2.45, 2.75) is 20.3 Å². The number of anilines is 3. The van der Waals surface area contributed by atoms with Gasteiger partial charge in [-0.25, -0.2) is 9.97 Å². The fraction of sp³-hybridized carbons (Fsp3) is 0.286. The van der Waals surface area contributed by atoms with E-state index in [1.54, 1.807) is 12.1 Å². The SMILES string of the molecule is CCNc1cc(Nc2ccc(Cl)c(Cl)c2)nc(CC)n1. The molecule has 20 heavy (non-hydrogen) atoms. The second kappa shape index (κ2) is 6.77. The van der Waals surface area contributed by atoms with Crippen LogP contribution in [0.15, 0.2) is 24.3 Å². The number of hydrogen-bond acceptors (Lipinski definition) is 4. The molecular weight excluding hydrogens is 295 g/mol. The predicted octanol–water partition coefficient (Wildman–Crippen LogP) is 4.52. The molecule has 2 rings (SSSR count). The van der Waals surface area contributed by atoms with Crippen LogP contribution in [0.4, 0.5) is 17.3 Å². The molecule has 6 heteroatoms. The van der Waals surface area contributed by atoms with Crippen molar-refractivity contribution in [3.8, 4) is 0 Å². The van der Waals surface area contributed by atoms with E-state index in [1.165, 1.54) is 0 Å². The standard InChI is InChI=1S/C14H16Cl2N4/c1-3-12-19-13(17-4-2)8-14(20-12)18-9-5-6-10(15)11(16)7-9/h5-8H,3-4H2,1-2H3,(H2,17,18,19,20). The van der Waals surface area contributed by atoms with Crippen LogP contribution in [0, 0.1) is 0 Å². The second-order valence-electron chi connectivity index (χ2n) is 4.19. The predicted molar refractivity (Wildman–Crippen MR) is 85.3 cm³/mol. The highest BCUT2D eigenvalue weighted by molar-refractivity contribution is 6.42. The van der Waals surface area contributed by atoms with E-state index in [2.05, 4.69) is 20.6 Å². The Labute approximate surface area is 128 Å². The fourth-order valence-electron chi connectivity index (χ4n) is 1.71. The average Bonchev–Trinajstić information content (AvgIpc) is 2.43. The normalized spacial score (nSPS) is 10.4. The van der Waals surface area contributed by atoms with E-state index in [1.807, 2.05) is 26.0 Å². The summed E-state index contributed by atoms with van der Waals surface area (Å²) in [7, 11) is 0. The van der Waals surface area contributed by atoms with Crippen LogP contribution < -0.4 is 10.6 Å². The maximum Gasteiger partial charge on any atom is 0.136 e. The summed E-state index contributed by atoms with van der Waals surface area (Å²) in [6.07, 6.45) is 0.773. The van der Waals surface area contributed by atoms with Gasteiger partial charge in [-0.1, -0.05) is 30.1 Å². The zero-order chi connectivity index (χ0) is 14.5. The second-order valence-corrected chi connectivity index (χ2v) is 5.01. The van der Waals surface area contributed by atoms with Gasteiger partial charge in [0.25, 0.3) is 0 Å². The van der Waals surface area contributed by atoms with Gasteiger partial charge < -0.3 is 10.6 Å². The van der Waals surface area contributed by atoms with Crippen LogP contribution in [0.3, 0.4) is 0 Å². The van der Waals surface area contributed by atoms with Crippen LogP contribution in [0.25, 0.3) is 0 Å². The molecule has 0 amide bonds. The summed E-state index contributed by atoms with van der Waals surface area (Å²) >= 11 is 11.9. The van der Waals surface area contributed by atoms with Gasteiger partial charge in [0.05, 0.1) is 10.0 Å². The largest absolute Gasteiger partial charge is 0.370 e. The Morgan fingerprint density at radius 3 is 2.40 bits per heavy atom. The molecule has 0 atom stereocenters. The Morgan fingerprint density at radius 2 is 1.75 bits per heavy atom. The summed E-state index contributed by atoms with van der Waals surface area (Å²) in [5, 5.41) is 7.44. The number of aromatic nitrogens is 2. The molecule has 0 unspecified atom stereocenters. The van der Waals surface area contributed by atoms with Crippen molar-refractivity contribution in [3.05, 3.63) is 40.1 Å². The molecule has 1 heterocycles. The van der Waals surface area contributed by atoms with Crippen LogP contribution in [0.5, 0.6) is 0 Å². The summed E-state index contributed by atoms with van der Waals surface area (Å²) in [4.78, 5) is 8.85. The van der Waals surface area contributed by atoms with Gasteiger partial charge in [-0.2, -0.15) is 0 Å². The lowest BCUT2D eigenvalue weighted by atomic mass is 10.3. The first-order chi connectivity index (χ1) is 9.62. The number of nitrogens with one attached hydrogen (secondary N) is 2. The number of benzene rings is 1. The summed E-state index contributed by atoms with van der Waals surface area (Å²) in [6.45, 7) is 4.86. The Morgan fingerprint density at radius 1 is 1.00 bits per heavy atom. The molecular formula is C14H16Cl2N4.